The van der Waals surface area contributed by atoms with Gasteiger partial charge in [0, 0.05) is 11.5 Å². The zero-order valence-electron chi connectivity index (χ0n) is 19.5. The highest BCUT2D eigenvalue weighted by Crippen LogP contribution is 2.44. The van der Waals surface area contributed by atoms with Crippen LogP contribution in [0.3, 0.4) is 0 Å². The lowest BCUT2D eigenvalue weighted by Crippen LogP contribution is -2.51. The second kappa shape index (κ2) is 8.75. The molecule has 1 saturated heterocycles. The van der Waals surface area contributed by atoms with Crippen LogP contribution in [0.15, 0.2) is 12.1 Å². The molecule has 1 fully saturated rings. The van der Waals surface area contributed by atoms with Crippen molar-refractivity contribution in [3.05, 3.63) is 34.4 Å². The molecule has 29 heavy (non-hydrogen) atoms. The van der Waals surface area contributed by atoms with Gasteiger partial charge in [-0.25, -0.2) is 0 Å². The largest absolute Gasteiger partial charge is 0.465 e. The van der Waals surface area contributed by atoms with E-state index in [1.807, 2.05) is 41.5 Å². The molecule has 0 aromatic heterocycles. The molecule has 5 heteroatoms. The van der Waals surface area contributed by atoms with E-state index in [2.05, 4.69) is 32.9 Å². The Morgan fingerprint density at radius 2 is 1.79 bits per heavy atom. The summed E-state index contributed by atoms with van der Waals surface area (Å²) in [5.41, 5.74) is 3.00. The Bertz CT molecular complexity index is 712. The molecule has 1 aliphatic rings. The van der Waals surface area contributed by atoms with Gasteiger partial charge in [0.05, 0.1) is 24.2 Å². The van der Waals surface area contributed by atoms with E-state index in [0.29, 0.717) is 6.42 Å². The molecule has 1 aliphatic heterocycles. The second-order valence-electron chi connectivity index (χ2n) is 9.75. The smallest absolute Gasteiger partial charge is 0.311 e. The lowest BCUT2D eigenvalue weighted by Gasteiger charge is -2.36. The third-order valence-corrected chi connectivity index (χ3v) is 5.85. The molecule has 0 spiro atoms. The summed E-state index contributed by atoms with van der Waals surface area (Å²) in [5, 5.41) is 11.1. The lowest BCUT2D eigenvalue weighted by molar-refractivity contribution is -0.163. The van der Waals surface area contributed by atoms with Crippen LogP contribution in [0.5, 0.6) is 0 Å². The van der Waals surface area contributed by atoms with Gasteiger partial charge in [-0.15, -0.1) is 0 Å². The number of benzene rings is 1. The summed E-state index contributed by atoms with van der Waals surface area (Å²) in [6.07, 6.45) is -0.910. The topological polar surface area (TPSA) is 65.0 Å². The van der Waals surface area contributed by atoms with Crippen LogP contribution in [0.4, 0.5) is 0 Å². The van der Waals surface area contributed by atoms with Crippen LogP contribution in [0.2, 0.25) is 0 Å². The first kappa shape index (κ1) is 23.8. The summed E-state index contributed by atoms with van der Waals surface area (Å²) in [6, 6.07) is 4.24. The van der Waals surface area contributed by atoms with Gasteiger partial charge in [0.15, 0.2) is 6.29 Å². The van der Waals surface area contributed by atoms with Gasteiger partial charge in [-0.05, 0) is 66.0 Å². The number of aliphatic hydroxyl groups is 1. The maximum Gasteiger partial charge on any atom is 0.311 e. The fourth-order valence-electron chi connectivity index (χ4n) is 4.15. The number of aliphatic hydroxyl groups excluding tert-OH is 1. The molecule has 0 radical (unpaired) electrons. The van der Waals surface area contributed by atoms with Crippen LogP contribution in [0.25, 0.3) is 0 Å². The van der Waals surface area contributed by atoms with E-state index in [4.69, 9.17) is 14.2 Å². The average molecular weight is 407 g/mol. The van der Waals surface area contributed by atoms with Crippen LogP contribution in [-0.4, -0.2) is 35.5 Å². The van der Waals surface area contributed by atoms with E-state index in [1.54, 1.807) is 0 Å². The molecule has 1 aromatic carbocycles. The zero-order valence-corrected chi connectivity index (χ0v) is 19.5. The number of carbonyl (C=O) groups excluding carboxylic acids is 1. The Hall–Kier alpha value is -1.43. The van der Waals surface area contributed by atoms with Gasteiger partial charge >= 0.3 is 5.97 Å². The number of ether oxygens (including phenoxy) is 3. The van der Waals surface area contributed by atoms with Gasteiger partial charge in [-0.1, -0.05) is 31.5 Å². The molecule has 0 amide bonds. The molecular weight excluding hydrogens is 368 g/mol. The molecule has 0 aliphatic carbocycles. The number of esters is 1. The van der Waals surface area contributed by atoms with E-state index in [-0.39, 0.29) is 24.6 Å². The van der Waals surface area contributed by atoms with Crippen LogP contribution in [0.1, 0.15) is 76.5 Å². The first-order valence-electron chi connectivity index (χ1n) is 10.6. The molecule has 5 nitrogen and oxygen atoms in total. The highest BCUT2D eigenvalue weighted by Gasteiger charge is 2.52. The lowest BCUT2D eigenvalue weighted by atomic mass is 9.84. The number of rotatable bonds is 6. The van der Waals surface area contributed by atoms with E-state index < -0.39 is 23.4 Å². The predicted molar refractivity (Wildman–Crippen MR) is 114 cm³/mol. The number of aryl methyl sites for hydroxylation is 3. The van der Waals surface area contributed by atoms with Crippen molar-refractivity contribution >= 4 is 5.97 Å². The van der Waals surface area contributed by atoms with Crippen molar-refractivity contribution in [3.8, 4) is 0 Å². The molecule has 164 valence electrons. The third-order valence-electron chi connectivity index (χ3n) is 5.85. The van der Waals surface area contributed by atoms with Crippen molar-refractivity contribution in [1.29, 1.82) is 0 Å². The van der Waals surface area contributed by atoms with Crippen molar-refractivity contribution < 1.29 is 24.1 Å². The molecule has 1 heterocycles. The van der Waals surface area contributed by atoms with Gasteiger partial charge in [0.25, 0.3) is 0 Å². The Kier molecular flexibility index (Phi) is 7.19. The molecule has 2 rings (SSSR count). The second-order valence-corrected chi connectivity index (χ2v) is 9.75. The maximum absolute atomic E-state index is 12.1. The van der Waals surface area contributed by atoms with Gasteiger partial charge < -0.3 is 19.3 Å². The Balaban J connectivity index is 2.19. The number of hydrogen-bond acceptors (Lipinski definition) is 5. The SMILES string of the molecule is CCC1OC(c2c(C)cc(C)cc2C)OC1(C)C(O)C(C)COC(=O)C(C)(C)C. The summed E-state index contributed by atoms with van der Waals surface area (Å²) in [7, 11) is 0. The minimum Gasteiger partial charge on any atom is -0.465 e. The minimum atomic E-state index is -0.892. The highest BCUT2D eigenvalue weighted by atomic mass is 16.7. The van der Waals surface area contributed by atoms with Crippen molar-refractivity contribution in [2.75, 3.05) is 6.61 Å². The standard InChI is InChI=1S/C24H38O5/c1-10-18-24(9,20(25)17(5)13-27-22(26)23(6,7)8)29-21(28-18)19-15(3)11-14(2)12-16(19)4/h11-12,17-18,20-21,25H,10,13H2,1-9H3. The summed E-state index contributed by atoms with van der Waals surface area (Å²) in [6.45, 7) is 17.6. The minimum absolute atomic E-state index is 0.139. The number of carbonyl (C=O) groups is 1. The normalized spacial score (nSPS) is 27.0. The third kappa shape index (κ3) is 5.01. The fraction of sp³-hybridized carbons (Fsp3) is 0.708. The summed E-state index contributed by atoms with van der Waals surface area (Å²) >= 11 is 0. The quantitative estimate of drug-likeness (QED) is 0.689. The number of hydrogen-bond donors (Lipinski definition) is 1. The van der Waals surface area contributed by atoms with Gasteiger partial charge in [0.1, 0.15) is 5.60 Å². The summed E-state index contributed by atoms with van der Waals surface area (Å²) < 4.78 is 18.1. The monoisotopic (exact) mass is 406 g/mol. The highest BCUT2D eigenvalue weighted by molar-refractivity contribution is 5.75. The van der Waals surface area contributed by atoms with Crippen LogP contribution < -0.4 is 0 Å². The van der Waals surface area contributed by atoms with Gasteiger partial charge in [-0.2, -0.15) is 0 Å². The van der Waals surface area contributed by atoms with Crippen LogP contribution in [-0.2, 0) is 19.0 Å². The Morgan fingerprint density at radius 3 is 2.28 bits per heavy atom. The van der Waals surface area contributed by atoms with E-state index in [1.165, 1.54) is 5.56 Å². The predicted octanol–water partition coefficient (Wildman–Crippen LogP) is 4.78. The molecule has 0 saturated carbocycles. The van der Waals surface area contributed by atoms with Crippen molar-refractivity contribution in [1.82, 2.24) is 0 Å². The molecule has 1 N–H and O–H groups in total. The average Bonchev–Trinajstić information content (AvgIpc) is 2.94. The van der Waals surface area contributed by atoms with Crippen molar-refractivity contribution in [2.45, 2.75) is 92.8 Å². The first-order valence-corrected chi connectivity index (χ1v) is 10.6. The van der Waals surface area contributed by atoms with E-state index in [0.717, 1.165) is 16.7 Å². The van der Waals surface area contributed by atoms with Crippen molar-refractivity contribution in [2.24, 2.45) is 11.3 Å². The summed E-state index contributed by atoms with van der Waals surface area (Å²) in [4.78, 5) is 12.1. The van der Waals surface area contributed by atoms with E-state index >= 15 is 0 Å². The maximum atomic E-state index is 12.1. The Labute approximate surface area is 175 Å². The molecular formula is C24H38O5. The molecule has 1 aromatic rings. The van der Waals surface area contributed by atoms with Crippen LogP contribution in [0, 0.1) is 32.1 Å². The van der Waals surface area contributed by atoms with Crippen LogP contribution >= 0.6 is 0 Å². The zero-order chi connectivity index (χ0) is 22.1. The van der Waals surface area contributed by atoms with Gasteiger partial charge in [0.2, 0.25) is 0 Å². The van der Waals surface area contributed by atoms with E-state index in [9.17, 15) is 9.90 Å². The van der Waals surface area contributed by atoms with Gasteiger partial charge in [-0.3, -0.25) is 4.79 Å². The van der Waals surface area contributed by atoms with Crippen molar-refractivity contribution in [3.63, 3.8) is 0 Å². The molecule has 5 unspecified atom stereocenters. The fourth-order valence-corrected chi connectivity index (χ4v) is 4.15. The summed E-state index contributed by atoms with van der Waals surface area (Å²) in [5.74, 6) is -0.566. The molecule has 5 atom stereocenters. The Morgan fingerprint density at radius 1 is 1.24 bits per heavy atom. The molecule has 0 bridgehead atoms. The first-order chi connectivity index (χ1) is 13.3.